The van der Waals surface area contributed by atoms with E-state index in [-0.39, 0.29) is 12.1 Å². The number of fused-ring (bicyclic) bond motifs is 5. The van der Waals surface area contributed by atoms with E-state index in [1.807, 2.05) is 37.4 Å². The van der Waals surface area contributed by atoms with Crippen molar-refractivity contribution < 1.29 is 4.79 Å². The van der Waals surface area contributed by atoms with Gasteiger partial charge in [0.25, 0.3) is 5.91 Å². The molecular formula is C23H30N6O. The van der Waals surface area contributed by atoms with Crippen LogP contribution in [-0.4, -0.2) is 58.5 Å². The Bertz CT molecular complexity index is 906. The summed E-state index contributed by atoms with van der Waals surface area (Å²) < 4.78 is 0. The highest BCUT2D eigenvalue weighted by atomic mass is 16.2. The maximum atomic E-state index is 13.5. The Balaban J connectivity index is 1.39. The molecule has 0 radical (unpaired) electrons. The molecule has 6 rings (SSSR count). The standard InChI is InChI=1S/C23H30N6O/c1-27-22(30)19-20(24-16-10-3-2-4-11-16)26-28(14-15-8-5-6-9-15)21(19)29-18-13-7-12-17(18)25-23(27)29/h2-4,10-11,15,17-18,21,24,26H,5-9,12-14H2,1H3/t17-,18+,21?/m1/s1. The van der Waals surface area contributed by atoms with Gasteiger partial charge in [-0.1, -0.05) is 31.0 Å². The first-order chi connectivity index (χ1) is 14.7. The summed E-state index contributed by atoms with van der Waals surface area (Å²) in [6.07, 6.45) is 8.63. The van der Waals surface area contributed by atoms with Crippen molar-refractivity contribution in [3.8, 4) is 0 Å². The zero-order chi connectivity index (χ0) is 20.2. The summed E-state index contributed by atoms with van der Waals surface area (Å²) in [5, 5.41) is 5.82. The summed E-state index contributed by atoms with van der Waals surface area (Å²) in [6, 6.07) is 10.8. The lowest BCUT2D eigenvalue weighted by Gasteiger charge is -2.44. The van der Waals surface area contributed by atoms with Crippen LogP contribution in [0.15, 0.2) is 46.7 Å². The Morgan fingerprint density at radius 2 is 1.90 bits per heavy atom. The van der Waals surface area contributed by atoms with E-state index in [1.165, 1.54) is 32.1 Å². The highest BCUT2D eigenvalue weighted by Gasteiger charge is 2.55. The van der Waals surface area contributed by atoms with Crippen molar-refractivity contribution in [2.45, 2.75) is 63.2 Å². The largest absolute Gasteiger partial charge is 0.341 e. The molecule has 5 aliphatic rings. The van der Waals surface area contributed by atoms with E-state index in [0.717, 1.165) is 42.4 Å². The number of carbonyl (C=O) groups excluding carboxylic acids is 1. The van der Waals surface area contributed by atoms with E-state index in [9.17, 15) is 4.79 Å². The number of rotatable bonds is 4. The van der Waals surface area contributed by atoms with Crippen molar-refractivity contribution in [3.05, 3.63) is 41.7 Å². The van der Waals surface area contributed by atoms with E-state index in [0.29, 0.717) is 18.0 Å². The summed E-state index contributed by atoms with van der Waals surface area (Å²) in [6.45, 7) is 0.965. The summed E-state index contributed by atoms with van der Waals surface area (Å²) >= 11 is 0. The van der Waals surface area contributed by atoms with Crippen LogP contribution in [0.5, 0.6) is 0 Å². The minimum Gasteiger partial charge on any atom is -0.341 e. The second kappa shape index (κ2) is 7.01. The second-order valence-electron chi connectivity index (χ2n) is 9.33. The minimum absolute atomic E-state index is 0.0508. The molecule has 2 N–H and O–H groups in total. The van der Waals surface area contributed by atoms with Gasteiger partial charge in [-0.25, -0.2) is 4.99 Å². The number of carbonyl (C=O) groups is 1. The molecule has 7 nitrogen and oxygen atoms in total. The van der Waals surface area contributed by atoms with Crippen LogP contribution in [0, 0.1) is 5.92 Å². The van der Waals surface area contributed by atoms with Crippen LogP contribution in [0.1, 0.15) is 44.9 Å². The number of guanidine groups is 1. The van der Waals surface area contributed by atoms with Gasteiger partial charge in [-0.3, -0.25) is 9.69 Å². The van der Waals surface area contributed by atoms with Gasteiger partial charge in [0.15, 0.2) is 0 Å². The molecule has 3 heterocycles. The van der Waals surface area contributed by atoms with E-state index in [1.54, 1.807) is 4.90 Å². The Labute approximate surface area is 177 Å². The fourth-order valence-corrected chi connectivity index (χ4v) is 6.02. The summed E-state index contributed by atoms with van der Waals surface area (Å²) in [7, 11) is 1.87. The maximum absolute atomic E-state index is 13.5. The van der Waals surface area contributed by atoms with Crippen molar-refractivity contribution in [3.63, 3.8) is 0 Å². The monoisotopic (exact) mass is 406 g/mol. The molecule has 0 spiro atoms. The van der Waals surface area contributed by atoms with Crippen LogP contribution in [0.2, 0.25) is 0 Å². The summed E-state index contributed by atoms with van der Waals surface area (Å²) in [4.78, 5) is 22.7. The third kappa shape index (κ3) is 2.75. The number of anilines is 1. The first-order valence-electron chi connectivity index (χ1n) is 11.4. The molecule has 1 saturated heterocycles. The molecule has 0 bridgehead atoms. The average molecular weight is 407 g/mol. The molecular weight excluding hydrogens is 376 g/mol. The van der Waals surface area contributed by atoms with Gasteiger partial charge in [-0.2, -0.15) is 5.01 Å². The maximum Gasteiger partial charge on any atom is 0.263 e. The van der Waals surface area contributed by atoms with Gasteiger partial charge in [-0.15, -0.1) is 0 Å². The highest BCUT2D eigenvalue weighted by molar-refractivity contribution is 6.10. The Hall–Kier alpha value is -2.54. The molecule has 7 heteroatoms. The molecule has 3 atom stereocenters. The smallest absolute Gasteiger partial charge is 0.263 e. The van der Waals surface area contributed by atoms with Gasteiger partial charge in [0, 0.05) is 19.3 Å². The number of likely N-dealkylation sites (N-methyl/N-ethyl adjacent to an activating group) is 1. The highest BCUT2D eigenvalue weighted by Crippen LogP contribution is 2.42. The van der Waals surface area contributed by atoms with Gasteiger partial charge in [0.1, 0.15) is 12.0 Å². The first-order valence-corrected chi connectivity index (χ1v) is 11.4. The quantitative estimate of drug-likeness (QED) is 0.805. The van der Waals surface area contributed by atoms with Crippen LogP contribution in [0.3, 0.4) is 0 Å². The number of hydrogen-bond acceptors (Lipinski definition) is 6. The van der Waals surface area contributed by atoms with E-state index < -0.39 is 0 Å². The van der Waals surface area contributed by atoms with Crippen molar-refractivity contribution in [2.24, 2.45) is 10.9 Å². The van der Waals surface area contributed by atoms with Gasteiger partial charge < -0.3 is 15.6 Å². The zero-order valence-corrected chi connectivity index (χ0v) is 17.6. The molecule has 158 valence electrons. The Kier molecular flexibility index (Phi) is 4.26. The molecule has 30 heavy (non-hydrogen) atoms. The fraction of sp³-hybridized carbons (Fsp3) is 0.565. The van der Waals surface area contributed by atoms with Crippen molar-refractivity contribution in [2.75, 3.05) is 18.9 Å². The predicted molar refractivity (Wildman–Crippen MR) is 116 cm³/mol. The number of aliphatic imine (C=N–C) groups is 1. The molecule has 1 aromatic carbocycles. The van der Waals surface area contributed by atoms with E-state index in [4.69, 9.17) is 4.99 Å². The minimum atomic E-state index is -0.0765. The SMILES string of the molecule is CN1C(=O)C2=C(Nc3ccccc3)NN(CC3CCCC3)C2N2C1=N[C@@H]1CCC[C@@H]12. The molecule has 3 aliphatic heterocycles. The number of para-hydroxylation sites is 1. The molecule has 1 aromatic rings. The van der Waals surface area contributed by atoms with Crippen molar-refractivity contribution >= 4 is 17.6 Å². The first kappa shape index (κ1) is 18.2. The van der Waals surface area contributed by atoms with Crippen LogP contribution in [-0.2, 0) is 4.79 Å². The Morgan fingerprint density at radius 1 is 1.10 bits per heavy atom. The lowest BCUT2D eigenvalue weighted by Crippen LogP contribution is -2.63. The second-order valence-corrected chi connectivity index (χ2v) is 9.33. The number of benzene rings is 1. The third-order valence-electron chi connectivity index (χ3n) is 7.46. The Morgan fingerprint density at radius 3 is 2.70 bits per heavy atom. The number of amides is 1. The summed E-state index contributed by atoms with van der Waals surface area (Å²) in [5.41, 5.74) is 5.42. The van der Waals surface area contributed by atoms with Crippen LogP contribution >= 0.6 is 0 Å². The average Bonchev–Trinajstić information content (AvgIpc) is 3.52. The lowest BCUT2D eigenvalue weighted by atomic mass is 10.0. The van der Waals surface area contributed by atoms with Crippen molar-refractivity contribution in [1.29, 1.82) is 0 Å². The fourth-order valence-electron chi connectivity index (χ4n) is 6.02. The number of hydrazine groups is 1. The van der Waals surface area contributed by atoms with Gasteiger partial charge in [0.05, 0.1) is 17.7 Å². The van der Waals surface area contributed by atoms with Crippen molar-refractivity contribution in [1.82, 2.24) is 20.2 Å². The van der Waals surface area contributed by atoms with Crippen LogP contribution in [0.25, 0.3) is 0 Å². The van der Waals surface area contributed by atoms with Crippen LogP contribution in [0.4, 0.5) is 5.69 Å². The summed E-state index contributed by atoms with van der Waals surface area (Å²) in [5.74, 6) is 2.42. The zero-order valence-electron chi connectivity index (χ0n) is 17.6. The molecule has 2 aliphatic carbocycles. The number of hydrogen-bond donors (Lipinski definition) is 2. The van der Waals surface area contributed by atoms with E-state index in [2.05, 4.69) is 20.7 Å². The molecule has 1 unspecified atom stereocenters. The van der Waals surface area contributed by atoms with Gasteiger partial charge in [0.2, 0.25) is 5.96 Å². The molecule has 0 aromatic heterocycles. The molecule has 1 amide bonds. The predicted octanol–water partition coefficient (Wildman–Crippen LogP) is 2.71. The topological polar surface area (TPSA) is 63.2 Å². The molecule has 2 saturated carbocycles. The van der Waals surface area contributed by atoms with Gasteiger partial charge in [-0.05, 0) is 50.2 Å². The lowest BCUT2D eigenvalue weighted by molar-refractivity contribution is -0.126. The number of nitrogens with zero attached hydrogens (tertiary/aromatic N) is 4. The molecule has 3 fully saturated rings. The van der Waals surface area contributed by atoms with Crippen LogP contribution < -0.4 is 10.7 Å². The van der Waals surface area contributed by atoms with E-state index >= 15 is 0 Å². The normalized spacial score (nSPS) is 31.0. The number of nitrogens with one attached hydrogen (secondary N) is 2. The van der Waals surface area contributed by atoms with Gasteiger partial charge >= 0.3 is 0 Å². The third-order valence-corrected chi connectivity index (χ3v) is 7.46.